The molecule has 2 aromatic rings. The van der Waals surface area contributed by atoms with Crippen LogP contribution >= 0.6 is 0 Å². The van der Waals surface area contributed by atoms with E-state index in [0.29, 0.717) is 36.4 Å². The second-order valence-corrected chi connectivity index (χ2v) is 10.4. The average Bonchev–Trinajstić information content (AvgIpc) is 2.72. The van der Waals surface area contributed by atoms with Gasteiger partial charge in [-0.1, -0.05) is 23.8 Å². The average molecular weight is 463 g/mol. The van der Waals surface area contributed by atoms with Crippen LogP contribution in [0.25, 0.3) is 0 Å². The van der Waals surface area contributed by atoms with Crippen molar-refractivity contribution in [1.82, 2.24) is 9.62 Å². The summed E-state index contributed by atoms with van der Waals surface area (Å²) in [6.07, 6.45) is 0.886. The fourth-order valence-electron chi connectivity index (χ4n) is 4.43. The molecular formula is C24H31FN2O4S. The Morgan fingerprint density at radius 1 is 1.12 bits per heavy atom. The van der Waals surface area contributed by atoms with Crippen LogP contribution in [0, 0.1) is 32.5 Å². The molecule has 1 aliphatic heterocycles. The van der Waals surface area contributed by atoms with Crippen molar-refractivity contribution in [2.75, 3.05) is 20.2 Å². The molecule has 6 nitrogen and oxygen atoms in total. The van der Waals surface area contributed by atoms with Gasteiger partial charge in [0, 0.05) is 19.0 Å². The zero-order chi connectivity index (χ0) is 23.6. The second kappa shape index (κ2) is 9.58. The third-order valence-electron chi connectivity index (χ3n) is 6.06. The van der Waals surface area contributed by atoms with Crippen LogP contribution in [0.5, 0.6) is 5.75 Å². The number of carbonyl (C=O) groups excluding carboxylic acids is 1. The minimum atomic E-state index is -3.62. The summed E-state index contributed by atoms with van der Waals surface area (Å²) in [5, 5.41) is 2.93. The minimum Gasteiger partial charge on any atom is -0.494 e. The number of nitrogens with zero attached hydrogens (tertiary/aromatic N) is 1. The zero-order valence-electron chi connectivity index (χ0n) is 19.2. The number of aryl methyl sites for hydroxylation is 3. The van der Waals surface area contributed by atoms with E-state index in [4.69, 9.17) is 4.74 Å². The van der Waals surface area contributed by atoms with Gasteiger partial charge in [0.2, 0.25) is 15.9 Å². The Hall–Kier alpha value is -2.45. The SMILES string of the molecule is COc1ccc(C(C)NC(=O)C2CCN(S(=O)(=O)c3c(C)cc(C)cc3C)CC2)cc1F. The molecule has 0 radical (unpaired) electrons. The first-order chi connectivity index (χ1) is 15.0. The van der Waals surface area contributed by atoms with Crippen LogP contribution in [-0.2, 0) is 14.8 Å². The van der Waals surface area contributed by atoms with Gasteiger partial charge in [0.25, 0.3) is 0 Å². The molecule has 1 heterocycles. The van der Waals surface area contributed by atoms with Crippen molar-refractivity contribution in [3.8, 4) is 5.75 Å². The van der Waals surface area contributed by atoms with Crippen molar-refractivity contribution >= 4 is 15.9 Å². The summed E-state index contributed by atoms with van der Waals surface area (Å²) in [6, 6.07) is 7.99. The summed E-state index contributed by atoms with van der Waals surface area (Å²) < 4.78 is 46.9. The third kappa shape index (κ3) is 4.96. The Bertz CT molecular complexity index is 1090. The molecule has 1 N–H and O–H groups in total. The molecule has 1 saturated heterocycles. The van der Waals surface area contributed by atoms with E-state index in [9.17, 15) is 17.6 Å². The molecule has 0 aromatic heterocycles. The van der Waals surface area contributed by atoms with E-state index in [2.05, 4.69) is 5.32 Å². The largest absolute Gasteiger partial charge is 0.494 e. The van der Waals surface area contributed by atoms with Gasteiger partial charge in [-0.25, -0.2) is 12.8 Å². The van der Waals surface area contributed by atoms with Gasteiger partial charge < -0.3 is 10.1 Å². The standard InChI is InChI=1S/C24H31FN2O4S/c1-15-12-16(2)23(17(3)13-15)32(29,30)27-10-8-19(9-11-27)24(28)26-18(4)20-6-7-22(31-5)21(25)14-20/h6-7,12-14,18-19H,8-11H2,1-5H3,(H,26,28). The van der Waals surface area contributed by atoms with Crippen LogP contribution in [0.3, 0.4) is 0 Å². The van der Waals surface area contributed by atoms with Gasteiger partial charge in [-0.3, -0.25) is 4.79 Å². The molecule has 0 aliphatic carbocycles. The van der Waals surface area contributed by atoms with Crippen molar-refractivity contribution in [3.05, 3.63) is 58.4 Å². The highest BCUT2D eigenvalue weighted by Crippen LogP contribution is 2.29. The Kier molecular flexibility index (Phi) is 7.25. The predicted molar refractivity (Wildman–Crippen MR) is 122 cm³/mol. The van der Waals surface area contributed by atoms with E-state index in [1.54, 1.807) is 13.0 Å². The Balaban J connectivity index is 1.64. The number of carbonyl (C=O) groups is 1. The van der Waals surface area contributed by atoms with Crippen molar-refractivity contribution < 1.29 is 22.3 Å². The number of methoxy groups -OCH3 is 1. The number of nitrogens with one attached hydrogen (secondary N) is 1. The van der Waals surface area contributed by atoms with Crippen molar-refractivity contribution in [2.45, 2.75) is 51.5 Å². The molecule has 0 spiro atoms. The normalized spacial score (nSPS) is 16.6. The highest BCUT2D eigenvalue weighted by molar-refractivity contribution is 7.89. The lowest BCUT2D eigenvalue weighted by molar-refractivity contribution is -0.126. The number of rotatable bonds is 6. The summed E-state index contributed by atoms with van der Waals surface area (Å²) in [5.74, 6) is -0.758. The van der Waals surface area contributed by atoms with Gasteiger partial charge in [-0.05, 0) is 69.4 Å². The molecule has 1 aliphatic rings. The van der Waals surface area contributed by atoms with Crippen molar-refractivity contribution in [2.24, 2.45) is 5.92 Å². The maximum Gasteiger partial charge on any atom is 0.243 e. The summed E-state index contributed by atoms with van der Waals surface area (Å²) >= 11 is 0. The molecule has 0 saturated carbocycles. The summed E-state index contributed by atoms with van der Waals surface area (Å²) in [7, 11) is -2.22. The van der Waals surface area contributed by atoms with Crippen molar-refractivity contribution in [1.29, 1.82) is 0 Å². The molecule has 1 amide bonds. The fraction of sp³-hybridized carbons (Fsp3) is 0.458. The number of amides is 1. The lowest BCUT2D eigenvalue weighted by Crippen LogP contribution is -2.43. The van der Waals surface area contributed by atoms with Gasteiger partial charge >= 0.3 is 0 Å². The number of sulfonamides is 1. The van der Waals surface area contributed by atoms with Crippen LogP contribution in [0.4, 0.5) is 4.39 Å². The van der Waals surface area contributed by atoms with E-state index in [1.165, 1.54) is 23.5 Å². The highest BCUT2D eigenvalue weighted by atomic mass is 32.2. The summed E-state index contributed by atoms with van der Waals surface area (Å²) in [5.41, 5.74) is 3.15. The molecule has 2 aromatic carbocycles. The molecule has 0 bridgehead atoms. The molecule has 1 unspecified atom stereocenters. The quantitative estimate of drug-likeness (QED) is 0.703. The maximum atomic E-state index is 14.0. The maximum absolute atomic E-state index is 14.0. The van der Waals surface area contributed by atoms with Crippen LogP contribution < -0.4 is 10.1 Å². The topological polar surface area (TPSA) is 75.7 Å². The van der Waals surface area contributed by atoms with Crippen LogP contribution in [0.2, 0.25) is 0 Å². The number of halogens is 1. The summed E-state index contributed by atoms with van der Waals surface area (Å²) in [6.45, 7) is 7.95. The first-order valence-electron chi connectivity index (χ1n) is 10.8. The molecule has 1 fully saturated rings. The van der Waals surface area contributed by atoms with E-state index >= 15 is 0 Å². The van der Waals surface area contributed by atoms with Gasteiger partial charge in [0.1, 0.15) is 0 Å². The van der Waals surface area contributed by atoms with Gasteiger partial charge in [0.15, 0.2) is 11.6 Å². The zero-order valence-corrected chi connectivity index (χ0v) is 20.1. The highest BCUT2D eigenvalue weighted by Gasteiger charge is 2.34. The molecule has 32 heavy (non-hydrogen) atoms. The van der Waals surface area contributed by atoms with E-state index < -0.39 is 15.8 Å². The molecule has 3 rings (SSSR count). The molecule has 1 atom stereocenters. The molecule has 174 valence electrons. The minimum absolute atomic E-state index is 0.145. The number of piperidine rings is 1. The third-order valence-corrected chi connectivity index (χ3v) is 8.27. The molecule has 8 heteroatoms. The summed E-state index contributed by atoms with van der Waals surface area (Å²) in [4.78, 5) is 13.1. The Labute approximate surface area is 189 Å². The van der Waals surface area contributed by atoms with E-state index in [0.717, 1.165) is 16.7 Å². The van der Waals surface area contributed by atoms with Gasteiger partial charge in [-0.15, -0.1) is 0 Å². The van der Waals surface area contributed by atoms with E-state index in [1.807, 2.05) is 32.9 Å². The number of hydrogen-bond donors (Lipinski definition) is 1. The van der Waals surface area contributed by atoms with Crippen LogP contribution in [-0.4, -0.2) is 38.8 Å². The van der Waals surface area contributed by atoms with Gasteiger partial charge in [0.05, 0.1) is 18.0 Å². The van der Waals surface area contributed by atoms with Crippen LogP contribution in [0.15, 0.2) is 35.2 Å². The van der Waals surface area contributed by atoms with Crippen LogP contribution in [0.1, 0.15) is 48.1 Å². The smallest absolute Gasteiger partial charge is 0.243 e. The molecular weight excluding hydrogens is 431 g/mol. The Morgan fingerprint density at radius 3 is 2.25 bits per heavy atom. The monoisotopic (exact) mass is 462 g/mol. The number of hydrogen-bond acceptors (Lipinski definition) is 4. The number of benzene rings is 2. The van der Waals surface area contributed by atoms with E-state index in [-0.39, 0.29) is 23.6 Å². The first kappa shape index (κ1) is 24.2. The number of ether oxygens (including phenoxy) is 1. The van der Waals surface area contributed by atoms with Gasteiger partial charge in [-0.2, -0.15) is 4.31 Å². The Morgan fingerprint density at radius 2 is 1.72 bits per heavy atom. The predicted octanol–water partition coefficient (Wildman–Crippen LogP) is 4.04. The van der Waals surface area contributed by atoms with Crippen molar-refractivity contribution in [3.63, 3.8) is 0 Å². The second-order valence-electron chi connectivity index (χ2n) is 8.53. The lowest BCUT2D eigenvalue weighted by Gasteiger charge is -2.32. The first-order valence-corrected chi connectivity index (χ1v) is 12.2. The lowest BCUT2D eigenvalue weighted by atomic mass is 9.96. The fourth-order valence-corrected chi connectivity index (χ4v) is 6.31.